The minimum atomic E-state index is -3.12. The molecular formula is C27H24F2N4O3. The maximum atomic E-state index is 13.7. The quantitative estimate of drug-likeness (QED) is 0.520. The maximum absolute atomic E-state index is 13.7. The van der Waals surface area contributed by atoms with Crippen LogP contribution in [-0.2, 0) is 4.79 Å². The number of nitriles is 1. The second-order valence-electron chi connectivity index (χ2n) is 8.60. The lowest BCUT2D eigenvalue weighted by molar-refractivity contribution is -0.131. The van der Waals surface area contributed by atoms with Crippen LogP contribution in [0.15, 0.2) is 54.7 Å². The summed E-state index contributed by atoms with van der Waals surface area (Å²) < 4.78 is 32.5. The predicted molar refractivity (Wildman–Crippen MR) is 131 cm³/mol. The zero-order valence-electron chi connectivity index (χ0n) is 19.8. The van der Waals surface area contributed by atoms with Crippen LogP contribution in [-0.4, -0.2) is 53.9 Å². The third-order valence-corrected chi connectivity index (χ3v) is 6.08. The van der Waals surface area contributed by atoms with Gasteiger partial charge in [-0.3, -0.25) is 14.6 Å². The molecule has 1 aromatic heterocycles. The molecule has 36 heavy (non-hydrogen) atoms. The Bertz CT molecular complexity index is 1380. The van der Waals surface area contributed by atoms with E-state index in [4.69, 9.17) is 10.00 Å². The molecule has 1 fully saturated rings. The van der Waals surface area contributed by atoms with Crippen LogP contribution < -0.4 is 10.1 Å². The van der Waals surface area contributed by atoms with Gasteiger partial charge in [-0.25, -0.2) is 8.78 Å². The number of carbonyl (C=O) groups is 2. The molecule has 0 radical (unpaired) electrons. The third kappa shape index (κ3) is 5.33. The van der Waals surface area contributed by atoms with Crippen LogP contribution in [0.5, 0.6) is 5.75 Å². The van der Waals surface area contributed by atoms with Crippen molar-refractivity contribution in [3.05, 3.63) is 71.4 Å². The number of methoxy groups -OCH3 is 1. The summed E-state index contributed by atoms with van der Waals surface area (Å²) >= 11 is 0. The molecule has 1 atom stereocenters. The van der Waals surface area contributed by atoms with Crippen molar-refractivity contribution in [2.45, 2.75) is 25.3 Å². The normalized spacial score (nSPS) is 17.0. The van der Waals surface area contributed by atoms with Crippen molar-refractivity contribution in [1.82, 2.24) is 15.2 Å². The fraction of sp³-hybridized carbons (Fsp3) is 0.259. The first-order chi connectivity index (χ1) is 17.2. The monoisotopic (exact) mass is 490 g/mol. The van der Waals surface area contributed by atoms with Crippen molar-refractivity contribution in [3.63, 3.8) is 0 Å². The molecule has 2 amide bonds. The number of pyridine rings is 1. The molecule has 0 spiro atoms. The van der Waals surface area contributed by atoms with Gasteiger partial charge in [0.1, 0.15) is 11.8 Å². The highest BCUT2D eigenvalue weighted by molar-refractivity contribution is 6.07. The fourth-order valence-corrected chi connectivity index (χ4v) is 4.19. The predicted octanol–water partition coefficient (Wildman–Crippen LogP) is 4.29. The van der Waals surface area contributed by atoms with E-state index < -0.39 is 43.3 Å². The number of likely N-dealkylation sites (tertiary alicyclic amines) is 1. The second kappa shape index (κ2) is 10.1. The standard InChI is InChI=1S/C27H24F2N4O3/c1-17(19-4-6-21(36-2)7-5-19)11-18-3-8-24-23(12-18)22(9-10-31-24)26(35)32-15-25(34)33-16-27(28,29)13-20(33)14-30/h3-12,20H,13,15-16H2,1-2H3,(H,32,35). The van der Waals surface area contributed by atoms with E-state index in [-0.39, 0.29) is 0 Å². The minimum Gasteiger partial charge on any atom is -0.497 e. The van der Waals surface area contributed by atoms with Crippen molar-refractivity contribution in [3.8, 4) is 11.8 Å². The minimum absolute atomic E-state index is 0.300. The first-order valence-corrected chi connectivity index (χ1v) is 11.3. The molecule has 1 aliphatic heterocycles. The molecule has 1 saturated heterocycles. The van der Waals surface area contributed by atoms with Crippen molar-refractivity contribution >= 4 is 34.4 Å². The number of carbonyl (C=O) groups excluding carboxylic acids is 2. The smallest absolute Gasteiger partial charge is 0.268 e. The molecule has 2 heterocycles. The molecular weight excluding hydrogens is 466 g/mol. The van der Waals surface area contributed by atoms with Crippen LogP contribution in [0.4, 0.5) is 8.78 Å². The summed E-state index contributed by atoms with van der Waals surface area (Å²) in [5.41, 5.74) is 3.77. The average molecular weight is 491 g/mol. The highest BCUT2D eigenvalue weighted by atomic mass is 19.3. The fourth-order valence-electron chi connectivity index (χ4n) is 4.19. The summed E-state index contributed by atoms with van der Waals surface area (Å²) in [6.45, 7) is 0.652. The van der Waals surface area contributed by atoms with Crippen LogP contribution >= 0.6 is 0 Å². The van der Waals surface area contributed by atoms with Gasteiger partial charge in [-0.15, -0.1) is 0 Å². The van der Waals surface area contributed by atoms with Gasteiger partial charge in [-0.2, -0.15) is 5.26 Å². The molecule has 1 unspecified atom stereocenters. The summed E-state index contributed by atoms with van der Waals surface area (Å²) in [6.07, 6.45) is 2.77. The van der Waals surface area contributed by atoms with Crippen molar-refractivity contribution < 1.29 is 23.1 Å². The molecule has 2 aromatic carbocycles. The van der Waals surface area contributed by atoms with Crippen LogP contribution in [0.3, 0.4) is 0 Å². The van der Waals surface area contributed by atoms with Crippen LogP contribution in [0, 0.1) is 11.3 Å². The number of benzene rings is 2. The Hall–Kier alpha value is -4.32. The first kappa shape index (κ1) is 24.8. The van der Waals surface area contributed by atoms with Gasteiger partial charge in [0.25, 0.3) is 11.8 Å². The molecule has 0 aliphatic carbocycles. The van der Waals surface area contributed by atoms with E-state index in [2.05, 4.69) is 10.3 Å². The van der Waals surface area contributed by atoms with E-state index in [1.807, 2.05) is 49.4 Å². The number of hydrogen-bond acceptors (Lipinski definition) is 5. The van der Waals surface area contributed by atoms with Crippen LogP contribution in [0.1, 0.15) is 34.8 Å². The average Bonchev–Trinajstić information content (AvgIpc) is 3.21. The Balaban J connectivity index is 1.53. The molecule has 4 rings (SSSR count). The van der Waals surface area contributed by atoms with Gasteiger partial charge in [-0.1, -0.05) is 24.3 Å². The van der Waals surface area contributed by atoms with Gasteiger partial charge < -0.3 is 15.0 Å². The van der Waals surface area contributed by atoms with Gasteiger partial charge in [-0.05, 0) is 54.0 Å². The van der Waals surface area contributed by atoms with Gasteiger partial charge in [0.15, 0.2) is 0 Å². The molecule has 0 saturated carbocycles. The number of amides is 2. The number of alkyl halides is 2. The lowest BCUT2D eigenvalue weighted by Gasteiger charge is -2.19. The Morgan fingerprint density at radius 2 is 2.00 bits per heavy atom. The summed E-state index contributed by atoms with van der Waals surface area (Å²) in [4.78, 5) is 30.5. The lowest BCUT2D eigenvalue weighted by Crippen LogP contribution is -2.43. The molecule has 184 valence electrons. The van der Waals surface area contributed by atoms with Gasteiger partial charge >= 0.3 is 0 Å². The topological polar surface area (TPSA) is 95.3 Å². The molecule has 9 heteroatoms. The molecule has 7 nitrogen and oxygen atoms in total. The van der Waals surface area contributed by atoms with E-state index in [0.717, 1.165) is 27.3 Å². The number of nitrogens with one attached hydrogen (secondary N) is 1. The summed E-state index contributed by atoms with van der Waals surface area (Å²) in [6, 6.07) is 15.2. The second-order valence-corrected chi connectivity index (χ2v) is 8.60. The summed E-state index contributed by atoms with van der Waals surface area (Å²) in [5.74, 6) is -3.62. The van der Waals surface area contributed by atoms with E-state index in [1.165, 1.54) is 12.3 Å². The maximum Gasteiger partial charge on any atom is 0.268 e. The lowest BCUT2D eigenvalue weighted by atomic mass is 10.0. The number of aromatic nitrogens is 1. The highest BCUT2D eigenvalue weighted by Crippen LogP contribution is 2.31. The Morgan fingerprint density at radius 1 is 1.25 bits per heavy atom. The zero-order valence-corrected chi connectivity index (χ0v) is 19.8. The summed E-state index contributed by atoms with van der Waals surface area (Å²) in [7, 11) is 1.61. The number of hydrogen-bond donors (Lipinski definition) is 1. The molecule has 1 aliphatic rings. The third-order valence-electron chi connectivity index (χ3n) is 6.08. The number of nitrogens with zero attached hydrogens (tertiary/aromatic N) is 3. The number of rotatable bonds is 6. The Morgan fingerprint density at radius 3 is 2.69 bits per heavy atom. The van der Waals surface area contributed by atoms with Gasteiger partial charge in [0.05, 0.1) is 37.3 Å². The molecule has 0 bridgehead atoms. The zero-order chi connectivity index (χ0) is 25.9. The van der Waals surface area contributed by atoms with E-state index >= 15 is 0 Å². The number of ether oxygens (including phenoxy) is 1. The van der Waals surface area contributed by atoms with Gasteiger partial charge in [0, 0.05) is 18.0 Å². The van der Waals surface area contributed by atoms with Crippen molar-refractivity contribution in [2.24, 2.45) is 0 Å². The van der Waals surface area contributed by atoms with E-state index in [0.29, 0.717) is 16.5 Å². The van der Waals surface area contributed by atoms with Crippen LogP contribution in [0.25, 0.3) is 22.6 Å². The SMILES string of the molecule is COc1ccc(C(C)=Cc2ccc3nccc(C(=O)NCC(=O)N4CC(F)(F)CC4C#N)c3c2)cc1. The van der Waals surface area contributed by atoms with Crippen molar-refractivity contribution in [1.29, 1.82) is 5.26 Å². The summed E-state index contributed by atoms with van der Waals surface area (Å²) in [5, 5.41) is 12.2. The number of fused-ring (bicyclic) bond motifs is 1. The number of allylic oxidation sites excluding steroid dienone is 1. The highest BCUT2D eigenvalue weighted by Gasteiger charge is 2.47. The first-order valence-electron chi connectivity index (χ1n) is 11.3. The Kier molecular flexibility index (Phi) is 6.97. The molecule has 1 N–H and O–H groups in total. The van der Waals surface area contributed by atoms with E-state index in [9.17, 15) is 18.4 Å². The van der Waals surface area contributed by atoms with Gasteiger partial charge in [0.2, 0.25) is 5.91 Å². The Labute approximate surface area is 207 Å². The number of halogens is 2. The van der Waals surface area contributed by atoms with Crippen LogP contribution in [0.2, 0.25) is 0 Å². The largest absolute Gasteiger partial charge is 0.497 e. The van der Waals surface area contributed by atoms with E-state index in [1.54, 1.807) is 19.2 Å². The van der Waals surface area contributed by atoms with Crippen molar-refractivity contribution in [2.75, 3.05) is 20.2 Å². The molecule has 3 aromatic rings.